The molecule has 1 unspecified atom stereocenters. The minimum Gasteiger partial charge on any atom is -0.483 e. The van der Waals surface area contributed by atoms with E-state index in [2.05, 4.69) is 0 Å². The zero-order chi connectivity index (χ0) is 18.6. The van der Waals surface area contributed by atoms with Crippen LogP contribution in [0.15, 0.2) is 54.6 Å². The normalized spacial score (nSPS) is 15.7. The molecule has 2 heterocycles. The van der Waals surface area contributed by atoms with Crippen molar-refractivity contribution in [3.63, 3.8) is 0 Å². The minimum atomic E-state index is -0.256. The summed E-state index contributed by atoms with van der Waals surface area (Å²) in [6.45, 7) is 4.00. The van der Waals surface area contributed by atoms with Crippen molar-refractivity contribution in [2.75, 3.05) is 13.1 Å². The predicted molar refractivity (Wildman–Crippen MR) is 106 cm³/mol. The fraction of sp³-hybridized carbons (Fsp3) is 0.364. The third kappa shape index (κ3) is 3.82. The summed E-state index contributed by atoms with van der Waals surface area (Å²) in [6, 6.07) is 17.7. The highest BCUT2D eigenvalue weighted by atomic mass is 16.5. The van der Waals surface area contributed by atoms with Crippen molar-refractivity contribution in [3.05, 3.63) is 60.4 Å². The van der Waals surface area contributed by atoms with Crippen LogP contribution in [0.1, 0.15) is 38.1 Å². The first-order valence-electron chi connectivity index (χ1n) is 9.67. The lowest BCUT2D eigenvalue weighted by molar-refractivity contribution is -0.132. The lowest BCUT2D eigenvalue weighted by Gasteiger charge is -2.27. The number of carbonyl (C=O) groups excluding carboxylic acids is 1. The van der Waals surface area contributed by atoms with Gasteiger partial charge in [-0.25, -0.2) is 4.98 Å². The fourth-order valence-electron chi connectivity index (χ4n) is 3.71. The number of imidazole rings is 1. The molecule has 1 aliphatic rings. The Morgan fingerprint density at radius 2 is 1.74 bits per heavy atom. The van der Waals surface area contributed by atoms with Gasteiger partial charge >= 0.3 is 0 Å². The summed E-state index contributed by atoms with van der Waals surface area (Å²) in [7, 11) is 0. The quantitative estimate of drug-likeness (QED) is 0.683. The summed E-state index contributed by atoms with van der Waals surface area (Å²) in [5.74, 6) is 1.74. The van der Waals surface area contributed by atoms with Crippen LogP contribution in [-0.2, 0) is 11.3 Å². The van der Waals surface area contributed by atoms with Crippen LogP contribution in [0.4, 0.5) is 0 Å². The predicted octanol–water partition coefficient (Wildman–Crippen LogP) is 4.19. The molecule has 1 aromatic heterocycles. The summed E-state index contributed by atoms with van der Waals surface area (Å²) in [4.78, 5) is 19.6. The maximum atomic E-state index is 12.9. The third-order valence-electron chi connectivity index (χ3n) is 5.11. The van der Waals surface area contributed by atoms with Crippen molar-refractivity contribution >= 4 is 16.9 Å². The Balaban J connectivity index is 1.63. The number of hydrogen-bond acceptors (Lipinski definition) is 3. The molecule has 0 bridgehead atoms. The van der Waals surface area contributed by atoms with Gasteiger partial charge in [0.15, 0.2) is 11.9 Å². The topological polar surface area (TPSA) is 47.4 Å². The summed E-state index contributed by atoms with van der Waals surface area (Å²) in [5.41, 5.74) is 1.86. The summed E-state index contributed by atoms with van der Waals surface area (Å²) < 4.78 is 8.10. The van der Waals surface area contributed by atoms with E-state index in [0.717, 1.165) is 48.5 Å². The second-order valence-corrected chi connectivity index (χ2v) is 7.06. The van der Waals surface area contributed by atoms with E-state index in [1.165, 1.54) is 6.42 Å². The molecule has 0 spiro atoms. The SMILES string of the molecule is CC(Oc1ccccc1)c1nc2ccccc2n1CC(=O)N1CCCCC1. The maximum absolute atomic E-state index is 12.9. The van der Waals surface area contributed by atoms with Gasteiger partial charge in [-0.2, -0.15) is 0 Å². The van der Waals surface area contributed by atoms with Gasteiger partial charge in [0.2, 0.25) is 5.91 Å². The van der Waals surface area contributed by atoms with Crippen molar-refractivity contribution in [1.29, 1.82) is 0 Å². The van der Waals surface area contributed by atoms with Crippen LogP contribution >= 0.6 is 0 Å². The smallest absolute Gasteiger partial charge is 0.242 e. The van der Waals surface area contributed by atoms with Gasteiger partial charge in [0.05, 0.1) is 11.0 Å². The number of piperidine rings is 1. The standard InChI is InChI=1S/C22H25N3O2/c1-17(27-18-10-4-2-5-11-18)22-23-19-12-6-7-13-20(19)25(22)16-21(26)24-14-8-3-9-15-24/h2,4-7,10-13,17H,3,8-9,14-16H2,1H3. The molecular weight excluding hydrogens is 338 g/mol. The molecule has 5 heteroatoms. The van der Waals surface area contributed by atoms with Gasteiger partial charge < -0.3 is 14.2 Å². The van der Waals surface area contributed by atoms with E-state index in [1.54, 1.807) is 0 Å². The van der Waals surface area contributed by atoms with Crippen molar-refractivity contribution in [2.24, 2.45) is 0 Å². The number of likely N-dealkylation sites (tertiary alicyclic amines) is 1. The molecule has 27 heavy (non-hydrogen) atoms. The Hall–Kier alpha value is -2.82. The van der Waals surface area contributed by atoms with Crippen LogP contribution in [0.25, 0.3) is 11.0 Å². The Labute approximate surface area is 159 Å². The van der Waals surface area contributed by atoms with Crippen LogP contribution in [0.2, 0.25) is 0 Å². The van der Waals surface area contributed by atoms with Gasteiger partial charge in [-0.05, 0) is 50.5 Å². The molecule has 1 aliphatic heterocycles. The Bertz CT molecular complexity index is 914. The number of aromatic nitrogens is 2. The van der Waals surface area contributed by atoms with Crippen LogP contribution < -0.4 is 4.74 Å². The highest BCUT2D eigenvalue weighted by Gasteiger charge is 2.23. The Morgan fingerprint density at radius 3 is 2.52 bits per heavy atom. The number of ether oxygens (including phenoxy) is 1. The van der Waals surface area contributed by atoms with Crippen LogP contribution in [0.3, 0.4) is 0 Å². The highest BCUT2D eigenvalue weighted by Crippen LogP contribution is 2.25. The van der Waals surface area contributed by atoms with Crippen LogP contribution in [0, 0.1) is 0 Å². The number of fused-ring (bicyclic) bond motifs is 1. The molecule has 5 nitrogen and oxygen atoms in total. The van der Waals surface area contributed by atoms with Crippen molar-refractivity contribution in [3.8, 4) is 5.75 Å². The molecule has 140 valence electrons. The summed E-state index contributed by atoms with van der Waals surface area (Å²) in [6.07, 6.45) is 3.15. The molecule has 1 atom stereocenters. The number of para-hydroxylation sites is 3. The van der Waals surface area contributed by atoms with Crippen molar-refractivity contribution in [1.82, 2.24) is 14.5 Å². The number of amides is 1. The first-order chi connectivity index (χ1) is 13.2. The lowest BCUT2D eigenvalue weighted by atomic mass is 10.1. The van der Waals surface area contributed by atoms with Crippen molar-refractivity contribution in [2.45, 2.75) is 38.8 Å². The van der Waals surface area contributed by atoms with Gasteiger partial charge in [0.25, 0.3) is 0 Å². The number of nitrogens with zero attached hydrogens (tertiary/aromatic N) is 3. The zero-order valence-electron chi connectivity index (χ0n) is 15.7. The largest absolute Gasteiger partial charge is 0.483 e. The third-order valence-corrected chi connectivity index (χ3v) is 5.11. The molecule has 0 radical (unpaired) electrons. The average Bonchev–Trinajstić information content (AvgIpc) is 3.08. The van der Waals surface area contributed by atoms with E-state index >= 15 is 0 Å². The molecule has 3 aromatic rings. The summed E-state index contributed by atoms with van der Waals surface area (Å²) in [5, 5.41) is 0. The fourth-order valence-corrected chi connectivity index (χ4v) is 3.71. The van der Waals surface area contributed by atoms with Gasteiger partial charge in [-0.3, -0.25) is 4.79 Å². The van der Waals surface area contributed by atoms with Gasteiger partial charge in [0.1, 0.15) is 12.3 Å². The monoisotopic (exact) mass is 363 g/mol. The van der Waals surface area contributed by atoms with E-state index in [4.69, 9.17) is 9.72 Å². The van der Waals surface area contributed by atoms with E-state index in [-0.39, 0.29) is 12.0 Å². The summed E-state index contributed by atoms with van der Waals surface area (Å²) >= 11 is 0. The maximum Gasteiger partial charge on any atom is 0.242 e. The molecule has 0 N–H and O–H groups in total. The molecule has 1 fully saturated rings. The van der Waals surface area contributed by atoms with E-state index < -0.39 is 0 Å². The Morgan fingerprint density at radius 1 is 1.04 bits per heavy atom. The second-order valence-electron chi connectivity index (χ2n) is 7.06. The second kappa shape index (κ2) is 7.82. The zero-order valence-corrected chi connectivity index (χ0v) is 15.7. The molecule has 1 amide bonds. The van der Waals surface area contributed by atoms with E-state index in [1.807, 2.05) is 71.0 Å². The molecular formula is C22H25N3O2. The molecule has 2 aromatic carbocycles. The molecule has 4 rings (SSSR count). The number of carbonyl (C=O) groups is 1. The van der Waals surface area contributed by atoms with Crippen LogP contribution in [-0.4, -0.2) is 33.4 Å². The number of rotatable bonds is 5. The average molecular weight is 363 g/mol. The van der Waals surface area contributed by atoms with E-state index in [9.17, 15) is 4.79 Å². The molecule has 0 aliphatic carbocycles. The lowest BCUT2D eigenvalue weighted by Crippen LogP contribution is -2.38. The Kier molecular flexibility index (Phi) is 5.10. The highest BCUT2D eigenvalue weighted by molar-refractivity contribution is 5.81. The van der Waals surface area contributed by atoms with Gasteiger partial charge in [0, 0.05) is 13.1 Å². The molecule has 1 saturated heterocycles. The first kappa shape index (κ1) is 17.6. The first-order valence-corrected chi connectivity index (χ1v) is 9.67. The number of hydrogen-bond donors (Lipinski definition) is 0. The number of benzene rings is 2. The minimum absolute atomic E-state index is 0.158. The van der Waals surface area contributed by atoms with E-state index in [0.29, 0.717) is 6.54 Å². The van der Waals surface area contributed by atoms with Crippen molar-refractivity contribution < 1.29 is 9.53 Å². The van der Waals surface area contributed by atoms with Gasteiger partial charge in [-0.15, -0.1) is 0 Å². The van der Waals surface area contributed by atoms with Crippen LogP contribution in [0.5, 0.6) is 5.75 Å². The molecule has 0 saturated carbocycles. The van der Waals surface area contributed by atoms with Gasteiger partial charge in [-0.1, -0.05) is 30.3 Å².